The topological polar surface area (TPSA) is 45.6 Å². The molecule has 0 atom stereocenters. The number of hydrogen-bond acceptors (Lipinski definition) is 3. The van der Waals surface area contributed by atoms with Gasteiger partial charge in [-0.3, -0.25) is 19.4 Å². The van der Waals surface area contributed by atoms with Gasteiger partial charge in [-0.25, -0.2) is 0 Å². The van der Waals surface area contributed by atoms with Crippen LogP contribution in [0.5, 0.6) is 0 Å². The first-order valence-electron chi connectivity index (χ1n) is 7.20. The summed E-state index contributed by atoms with van der Waals surface area (Å²) in [5.41, 5.74) is 3.07. The fourth-order valence-corrected chi connectivity index (χ4v) is 3.02. The molecule has 5 nitrogen and oxygen atoms in total. The van der Waals surface area contributed by atoms with Gasteiger partial charge in [0.25, 0.3) is 11.8 Å². The monoisotopic (exact) mass is 327 g/mol. The van der Waals surface area contributed by atoms with Gasteiger partial charge in [-0.05, 0) is 31.3 Å². The number of para-hydroxylation sites is 1. The van der Waals surface area contributed by atoms with Crippen LogP contribution in [0.4, 0.5) is 0 Å². The molecule has 0 aliphatic carbocycles. The van der Waals surface area contributed by atoms with Gasteiger partial charge in [0, 0.05) is 43.3 Å². The Balaban J connectivity index is 2.22. The van der Waals surface area contributed by atoms with Gasteiger partial charge in [0.2, 0.25) is 0 Å². The van der Waals surface area contributed by atoms with Crippen LogP contribution in [0.25, 0.3) is 17.0 Å². The van der Waals surface area contributed by atoms with Crippen molar-refractivity contribution in [2.75, 3.05) is 14.1 Å². The molecule has 0 spiro atoms. The number of nitrogens with zero attached hydrogens (tertiary/aromatic N) is 3. The minimum atomic E-state index is -0.370. The Morgan fingerprint density at radius 3 is 2.17 bits per heavy atom. The van der Waals surface area contributed by atoms with Gasteiger partial charge in [0.05, 0.1) is 0 Å². The van der Waals surface area contributed by atoms with E-state index in [1.807, 2.05) is 38.2 Å². The van der Waals surface area contributed by atoms with Crippen LogP contribution in [0, 0.1) is 6.92 Å². The number of carbonyl (C=O) groups excluding carboxylic acids is 2. The lowest BCUT2D eigenvalue weighted by atomic mass is 10.0. The fraction of sp³-hybridized carbons (Fsp3) is 0.235. The van der Waals surface area contributed by atoms with Crippen molar-refractivity contribution in [2.45, 2.75) is 6.92 Å². The Labute approximate surface area is 139 Å². The predicted molar refractivity (Wildman–Crippen MR) is 93.8 cm³/mol. The van der Waals surface area contributed by atoms with Crippen LogP contribution in [0.15, 0.2) is 29.8 Å². The smallest absolute Gasteiger partial charge is 0.265 e. The number of rotatable bonds is 1. The summed E-state index contributed by atoms with van der Waals surface area (Å²) in [4.78, 5) is 27.6. The molecule has 2 aromatic rings. The molecule has 0 saturated carbocycles. The first-order chi connectivity index (χ1) is 10.8. The number of aryl methyl sites for hydroxylation is 1. The summed E-state index contributed by atoms with van der Waals surface area (Å²) in [6.07, 6.45) is 1.68. The van der Waals surface area contributed by atoms with E-state index in [0.29, 0.717) is 0 Å². The van der Waals surface area contributed by atoms with Crippen molar-refractivity contribution in [1.29, 1.82) is 0 Å². The highest BCUT2D eigenvalue weighted by Crippen LogP contribution is 2.28. The molecule has 1 aromatic carbocycles. The molecule has 2 heterocycles. The highest BCUT2D eigenvalue weighted by Gasteiger charge is 2.35. The van der Waals surface area contributed by atoms with Crippen molar-refractivity contribution >= 4 is 46.1 Å². The van der Waals surface area contributed by atoms with Crippen LogP contribution >= 0.6 is 12.2 Å². The van der Waals surface area contributed by atoms with Gasteiger partial charge >= 0.3 is 0 Å². The Bertz CT molecular complexity index is 869. The molecule has 1 aliphatic heterocycles. The molecule has 1 fully saturated rings. The summed E-state index contributed by atoms with van der Waals surface area (Å²) in [6, 6.07) is 7.92. The Morgan fingerprint density at radius 2 is 1.57 bits per heavy atom. The number of carbonyl (C=O) groups is 2. The number of amides is 2. The molecule has 1 saturated heterocycles. The van der Waals surface area contributed by atoms with E-state index in [2.05, 4.69) is 4.57 Å². The molecule has 118 valence electrons. The van der Waals surface area contributed by atoms with Crippen LogP contribution < -0.4 is 0 Å². The lowest BCUT2D eigenvalue weighted by Gasteiger charge is -2.31. The lowest BCUT2D eigenvalue weighted by molar-refractivity contribution is -0.132. The van der Waals surface area contributed by atoms with Crippen LogP contribution in [-0.2, 0) is 16.6 Å². The lowest BCUT2D eigenvalue weighted by Crippen LogP contribution is -2.52. The summed E-state index contributed by atoms with van der Waals surface area (Å²) >= 11 is 5.11. The molecule has 0 unspecified atom stereocenters. The fourth-order valence-electron chi connectivity index (χ4n) is 2.85. The summed E-state index contributed by atoms with van der Waals surface area (Å²) in [7, 11) is 5.13. The molecule has 23 heavy (non-hydrogen) atoms. The number of fused-ring (bicyclic) bond motifs is 1. The van der Waals surface area contributed by atoms with E-state index in [-0.39, 0.29) is 22.5 Å². The molecule has 0 bridgehead atoms. The second-order valence-corrected chi connectivity index (χ2v) is 6.01. The van der Waals surface area contributed by atoms with Crippen LogP contribution in [0.2, 0.25) is 0 Å². The molecule has 0 radical (unpaired) electrons. The van der Waals surface area contributed by atoms with Gasteiger partial charge in [-0.2, -0.15) is 0 Å². The molecular formula is C17H17N3O2S. The highest BCUT2D eigenvalue weighted by atomic mass is 32.1. The number of likely N-dealkylation sites (N-methyl/N-ethyl adjacent to an activating group) is 2. The standard InChI is InChI=1S/C17H17N3O2S/c1-10-12(11-7-5-6-8-14(11)18(10)2)9-13-15(21)19(3)17(23)20(4)16(13)22/h5-9H,1-4H3. The van der Waals surface area contributed by atoms with Crippen molar-refractivity contribution in [1.82, 2.24) is 14.4 Å². The van der Waals surface area contributed by atoms with E-state index in [4.69, 9.17) is 12.2 Å². The number of aromatic nitrogens is 1. The third-order valence-electron chi connectivity index (χ3n) is 4.38. The van der Waals surface area contributed by atoms with Gasteiger partial charge in [-0.15, -0.1) is 0 Å². The Morgan fingerprint density at radius 1 is 1.00 bits per heavy atom. The maximum absolute atomic E-state index is 12.5. The van der Waals surface area contributed by atoms with Crippen molar-refractivity contribution in [2.24, 2.45) is 7.05 Å². The number of benzene rings is 1. The van der Waals surface area contributed by atoms with Crippen molar-refractivity contribution in [3.8, 4) is 0 Å². The quantitative estimate of drug-likeness (QED) is 0.458. The molecule has 1 aromatic heterocycles. The average molecular weight is 327 g/mol. The van der Waals surface area contributed by atoms with E-state index in [1.165, 1.54) is 9.80 Å². The van der Waals surface area contributed by atoms with E-state index < -0.39 is 0 Å². The molecular weight excluding hydrogens is 310 g/mol. The Hall–Kier alpha value is -2.47. The first-order valence-corrected chi connectivity index (χ1v) is 7.61. The van der Waals surface area contributed by atoms with Crippen LogP contribution in [-0.4, -0.2) is 45.4 Å². The van der Waals surface area contributed by atoms with E-state index in [1.54, 1.807) is 20.2 Å². The van der Waals surface area contributed by atoms with Crippen molar-refractivity contribution < 1.29 is 9.59 Å². The molecule has 0 N–H and O–H groups in total. The third kappa shape index (κ3) is 2.17. The second-order valence-electron chi connectivity index (χ2n) is 5.64. The van der Waals surface area contributed by atoms with E-state index in [0.717, 1.165) is 22.2 Å². The van der Waals surface area contributed by atoms with Crippen molar-refractivity contribution in [3.05, 3.63) is 41.1 Å². The molecule has 3 rings (SSSR count). The first kappa shape index (κ1) is 15.4. The zero-order chi connectivity index (χ0) is 16.9. The SMILES string of the molecule is Cc1c(C=C2C(=O)N(C)C(=S)N(C)C2=O)c2ccccc2n1C. The maximum atomic E-state index is 12.5. The maximum Gasteiger partial charge on any atom is 0.265 e. The molecule has 6 heteroatoms. The largest absolute Gasteiger partial charge is 0.347 e. The summed E-state index contributed by atoms with van der Waals surface area (Å²) in [5, 5.41) is 1.23. The summed E-state index contributed by atoms with van der Waals surface area (Å²) in [6.45, 7) is 1.97. The second kappa shape index (κ2) is 5.31. The van der Waals surface area contributed by atoms with Gasteiger partial charge in [-0.1, -0.05) is 18.2 Å². The zero-order valence-electron chi connectivity index (χ0n) is 13.5. The summed E-state index contributed by atoms with van der Waals surface area (Å²) < 4.78 is 2.05. The zero-order valence-corrected chi connectivity index (χ0v) is 14.3. The predicted octanol–water partition coefficient (Wildman–Crippen LogP) is 2.09. The minimum absolute atomic E-state index is 0.128. The summed E-state index contributed by atoms with van der Waals surface area (Å²) in [5.74, 6) is -0.740. The van der Waals surface area contributed by atoms with E-state index in [9.17, 15) is 9.59 Å². The van der Waals surface area contributed by atoms with Gasteiger partial charge in [0.1, 0.15) is 5.57 Å². The molecule has 2 amide bonds. The average Bonchev–Trinajstić information content (AvgIpc) is 2.80. The van der Waals surface area contributed by atoms with E-state index >= 15 is 0 Å². The number of thiocarbonyl (C=S) groups is 1. The van der Waals surface area contributed by atoms with Gasteiger partial charge in [0.15, 0.2) is 5.11 Å². The van der Waals surface area contributed by atoms with Crippen LogP contribution in [0.1, 0.15) is 11.3 Å². The minimum Gasteiger partial charge on any atom is -0.347 e. The number of hydrogen-bond donors (Lipinski definition) is 0. The van der Waals surface area contributed by atoms with Gasteiger partial charge < -0.3 is 4.57 Å². The van der Waals surface area contributed by atoms with Crippen LogP contribution in [0.3, 0.4) is 0 Å². The van der Waals surface area contributed by atoms with Crippen molar-refractivity contribution in [3.63, 3.8) is 0 Å². The third-order valence-corrected chi connectivity index (χ3v) is 4.93. The molecule has 1 aliphatic rings. The highest BCUT2D eigenvalue weighted by molar-refractivity contribution is 7.80. The Kier molecular flexibility index (Phi) is 3.56. The normalized spacial score (nSPS) is 15.8.